The average Bonchev–Trinajstić information content (AvgIpc) is 2.52. The van der Waals surface area contributed by atoms with Crippen molar-refractivity contribution in [1.82, 2.24) is 0 Å². The standard InChI is InChI=1S/C10H17NO/c1-6-4-7-8(10(7,2)3)5-9(6)11-12/h6-8,12H,4-5H2,1-3H3/b11-9+/t6-,7+,8-/m1/s1. The van der Waals surface area contributed by atoms with Crippen LogP contribution in [0.15, 0.2) is 5.16 Å². The van der Waals surface area contributed by atoms with Crippen LogP contribution in [0.5, 0.6) is 0 Å². The zero-order chi connectivity index (χ0) is 8.93. The number of fused-ring (bicyclic) bond motifs is 1. The van der Waals surface area contributed by atoms with Crippen LogP contribution in [0.3, 0.4) is 0 Å². The van der Waals surface area contributed by atoms with Crippen molar-refractivity contribution in [3.05, 3.63) is 0 Å². The van der Waals surface area contributed by atoms with Gasteiger partial charge in [0, 0.05) is 0 Å². The quantitative estimate of drug-likeness (QED) is 0.436. The van der Waals surface area contributed by atoms with E-state index < -0.39 is 0 Å². The molecule has 12 heavy (non-hydrogen) atoms. The van der Waals surface area contributed by atoms with Gasteiger partial charge >= 0.3 is 0 Å². The van der Waals surface area contributed by atoms with E-state index in [1.807, 2.05) is 0 Å². The van der Waals surface area contributed by atoms with Crippen molar-refractivity contribution in [3.8, 4) is 0 Å². The fraction of sp³-hybridized carbons (Fsp3) is 0.900. The lowest BCUT2D eigenvalue weighted by molar-refractivity contribution is 0.309. The number of hydrogen-bond donors (Lipinski definition) is 1. The van der Waals surface area contributed by atoms with Crippen LogP contribution in [0.4, 0.5) is 0 Å². The number of nitrogens with zero attached hydrogens (tertiary/aromatic N) is 1. The number of hydrogen-bond acceptors (Lipinski definition) is 2. The summed E-state index contributed by atoms with van der Waals surface area (Å²) >= 11 is 0. The van der Waals surface area contributed by atoms with Crippen molar-refractivity contribution in [1.29, 1.82) is 0 Å². The molecule has 3 atom stereocenters. The Morgan fingerprint density at radius 1 is 1.42 bits per heavy atom. The monoisotopic (exact) mass is 167 g/mol. The van der Waals surface area contributed by atoms with Gasteiger partial charge in [-0.25, -0.2) is 0 Å². The Morgan fingerprint density at radius 2 is 2.08 bits per heavy atom. The Labute approximate surface area is 73.7 Å². The van der Waals surface area contributed by atoms with E-state index in [9.17, 15) is 0 Å². The maximum atomic E-state index is 8.76. The van der Waals surface area contributed by atoms with Crippen LogP contribution < -0.4 is 0 Å². The highest BCUT2D eigenvalue weighted by atomic mass is 16.4. The third-order valence-corrected chi connectivity index (χ3v) is 4.02. The van der Waals surface area contributed by atoms with Crippen LogP contribution in [0.25, 0.3) is 0 Å². The molecule has 0 amide bonds. The fourth-order valence-corrected chi connectivity index (χ4v) is 2.81. The van der Waals surface area contributed by atoms with E-state index in [1.54, 1.807) is 0 Å². The van der Waals surface area contributed by atoms with E-state index in [0.29, 0.717) is 11.3 Å². The maximum Gasteiger partial charge on any atom is 0.0602 e. The molecule has 0 heterocycles. The fourth-order valence-electron chi connectivity index (χ4n) is 2.81. The van der Waals surface area contributed by atoms with Gasteiger partial charge in [0.15, 0.2) is 0 Å². The molecule has 0 radical (unpaired) electrons. The second-order valence-electron chi connectivity index (χ2n) is 4.97. The molecule has 0 aromatic heterocycles. The minimum absolute atomic E-state index is 0.498. The zero-order valence-electron chi connectivity index (χ0n) is 8.04. The summed E-state index contributed by atoms with van der Waals surface area (Å²) in [4.78, 5) is 0. The highest BCUT2D eigenvalue weighted by Gasteiger charge is 2.60. The van der Waals surface area contributed by atoms with Gasteiger partial charge in [-0.2, -0.15) is 0 Å². The van der Waals surface area contributed by atoms with Crippen molar-refractivity contribution in [2.24, 2.45) is 28.3 Å². The van der Waals surface area contributed by atoms with E-state index in [2.05, 4.69) is 25.9 Å². The summed E-state index contributed by atoms with van der Waals surface area (Å²) in [6.45, 7) is 6.82. The van der Waals surface area contributed by atoms with Crippen molar-refractivity contribution in [2.45, 2.75) is 33.6 Å². The van der Waals surface area contributed by atoms with Crippen LogP contribution in [0.1, 0.15) is 33.6 Å². The number of rotatable bonds is 0. The highest BCUT2D eigenvalue weighted by Crippen LogP contribution is 2.65. The largest absolute Gasteiger partial charge is 0.411 e. The molecule has 1 N–H and O–H groups in total. The first-order valence-electron chi connectivity index (χ1n) is 4.78. The van der Waals surface area contributed by atoms with Crippen LogP contribution in [-0.4, -0.2) is 10.9 Å². The molecule has 68 valence electrons. The van der Waals surface area contributed by atoms with Crippen molar-refractivity contribution >= 4 is 5.71 Å². The summed E-state index contributed by atoms with van der Waals surface area (Å²) < 4.78 is 0. The van der Waals surface area contributed by atoms with Crippen LogP contribution in [0, 0.1) is 23.2 Å². The van der Waals surface area contributed by atoms with E-state index in [-0.39, 0.29) is 0 Å². The van der Waals surface area contributed by atoms with Gasteiger partial charge in [-0.3, -0.25) is 0 Å². The smallest absolute Gasteiger partial charge is 0.0602 e. The van der Waals surface area contributed by atoms with Gasteiger partial charge in [0.2, 0.25) is 0 Å². The van der Waals surface area contributed by atoms with Gasteiger partial charge in [0.1, 0.15) is 0 Å². The third-order valence-electron chi connectivity index (χ3n) is 4.02. The van der Waals surface area contributed by atoms with E-state index in [1.165, 1.54) is 6.42 Å². The molecular weight excluding hydrogens is 150 g/mol. The summed E-state index contributed by atoms with van der Waals surface area (Å²) in [6.07, 6.45) is 2.24. The summed E-state index contributed by atoms with van der Waals surface area (Å²) in [5, 5.41) is 12.1. The Kier molecular flexibility index (Phi) is 1.51. The Balaban J connectivity index is 2.13. The van der Waals surface area contributed by atoms with Crippen LogP contribution in [0.2, 0.25) is 0 Å². The molecule has 2 heteroatoms. The molecule has 2 aliphatic rings. The van der Waals surface area contributed by atoms with E-state index in [4.69, 9.17) is 5.21 Å². The first-order chi connectivity index (χ1) is 5.57. The maximum absolute atomic E-state index is 8.76. The van der Waals surface area contributed by atoms with Crippen LogP contribution >= 0.6 is 0 Å². The molecule has 2 rings (SSSR count). The predicted molar refractivity (Wildman–Crippen MR) is 48.4 cm³/mol. The molecule has 2 aliphatic carbocycles. The molecule has 0 aromatic carbocycles. The third kappa shape index (κ3) is 0.900. The highest BCUT2D eigenvalue weighted by molar-refractivity contribution is 5.87. The Hall–Kier alpha value is -0.530. The second kappa shape index (κ2) is 2.24. The van der Waals surface area contributed by atoms with Gasteiger partial charge in [-0.05, 0) is 36.0 Å². The SMILES string of the molecule is C[C@@H]1C[C@H]2[C@@H](C/C1=N\O)C2(C)C. The molecule has 0 aliphatic heterocycles. The lowest BCUT2D eigenvalue weighted by atomic mass is 9.89. The first kappa shape index (κ1) is 8.09. The average molecular weight is 167 g/mol. The molecule has 0 saturated heterocycles. The molecule has 0 spiro atoms. The van der Waals surface area contributed by atoms with Crippen molar-refractivity contribution in [3.63, 3.8) is 0 Å². The molecule has 2 saturated carbocycles. The minimum atomic E-state index is 0.498. The van der Waals surface area contributed by atoms with Gasteiger partial charge in [-0.1, -0.05) is 25.9 Å². The Morgan fingerprint density at radius 3 is 2.67 bits per heavy atom. The summed E-state index contributed by atoms with van der Waals surface area (Å²) in [6, 6.07) is 0. The van der Waals surface area contributed by atoms with Gasteiger partial charge in [0.05, 0.1) is 5.71 Å². The normalized spacial score (nSPS) is 47.2. The predicted octanol–water partition coefficient (Wildman–Crippen LogP) is 2.52. The molecule has 0 unspecified atom stereocenters. The summed E-state index contributed by atoms with van der Waals surface area (Å²) in [7, 11) is 0. The molecule has 2 nitrogen and oxygen atoms in total. The Bertz CT molecular complexity index is 232. The van der Waals surface area contributed by atoms with Gasteiger partial charge < -0.3 is 5.21 Å². The summed E-state index contributed by atoms with van der Waals surface area (Å²) in [5.41, 5.74) is 1.53. The van der Waals surface area contributed by atoms with Crippen molar-refractivity contribution < 1.29 is 5.21 Å². The summed E-state index contributed by atoms with van der Waals surface area (Å²) in [5.74, 6) is 2.18. The van der Waals surface area contributed by atoms with E-state index in [0.717, 1.165) is 24.0 Å². The molecule has 0 aromatic rings. The van der Waals surface area contributed by atoms with E-state index >= 15 is 0 Å². The molecule has 0 bridgehead atoms. The van der Waals surface area contributed by atoms with Crippen LogP contribution in [-0.2, 0) is 0 Å². The zero-order valence-corrected chi connectivity index (χ0v) is 8.04. The van der Waals surface area contributed by atoms with Gasteiger partial charge in [0.25, 0.3) is 0 Å². The molecule has 2 fully saturated rings. The first-order valence-corrected chi connectivity index (χ1v) is 4.78. The minimum Gasteiger partial charge on any atom is -0.411 e. The van der Waals surface area contributed by atoms with Gasteiger partial charge in [-0.15, -0.1) is 0 Å². The topological polar surface area (TPSA) is 32.6 Å². The molecular formula is C10H17NO. The lowest BCUT2D eigenvalue weighted by Crippen LogP contribution is -2.17. The lowest BCUT2D eigenvalue weighted by Gasteiger charge is -2.17. The second-order valence-corrected chi connectivity index (χ2v) is 4.97. The van der Waals surface area contributed by atoms with Crippen molar-refractivity contribution in [2.75, 3.05) is 0 Å². The number of oxime groups is 1.